The molecule has 12 nitrogen and oxygen atoms in total. The van der Waals surface area contributed by atoms with Crippen molar-refractivity contribution in [3.8, 4) is 17.2 Å². The number of halogens is 3. The second-order valence-electron chi connectivity index (χ2n) is 9.49. The van der Waals surface area contributed by atoms with Crippen molar-refractivity contribution in [2.24, 2.45) is 0 Å². The summed E-state index contributed by atoms with van der Waals surface area (Å²) in [4.78, 5) is 43.2. The molecule has 0 amide bonds. The van der Waals surface area contributed by atoms with Gasteiger partial charge in [0.25, 0.3) is 5.56 Å². The molecule has 3 aromatic heterocycles. The van der Waals surface area contributed by atoms with Crippen LogP contribution < -0.4 is 21.3 Å². The van der Waals surface area contributed by atoms with Crippen molar-refractivity contribution < 1.29 is 27.8 Å². The zero-order chi connectivity index (χ0) is 30.8. The summed E-state index contributed by atoms with van der Waals surface area (Å²) in [6, 6.07) is 7.38. The molecule has 2 aromatic carbocycles. The second kappa shape index (κ2) is 11.9. The lowest BCUT2D eigenvalue weighted by molar-refractivity contribution is 0.0983. The van der Waals surface area contributed by atoms with E-state index in [1.54, 1.807) is 13.8 Å². The first-order valence-corrected chi connectivity index (χ1v) is 13.0. The van der Waals surface area contributed by atoms with E-state index >= 15 is 4.39 Å². The van der Waals surface area contributed by atoms with E-state index in [0.717, 1.165) is 22.9 Å². The maximum Gasteiger partial charge on any atom is 0.352 e. The van der Waals surface area contributed by atoms with Gasteiger partial charge in [-0.05, 0) is 43.7 Å². The van der Waals surface area contributed by atoms with Crippen LogP contribution in [0.3, 0.4) is 0 Å². The van der Waals surface area contributed by atoms with Crippen LogP contribution in [-0.2, 0) is 13.0 Å². The fraction of sp³-hybridized carbons (Fsp3) is 0.214. The Balaban J connectivity index is 1.43. The average Bonchev–Trinajstić information content (AvgIpc) is 3.39. The van der Waals surface area contributed by atoms with Crippen molar-refractivity contribution in [3.63, 3.8) is 0 Å². The Morgan fingerprint density at radius 2 is 1.86 bits per heavy atom. The number of carbonyl (C=O) groups is 1. The van der Waals surface area contributed by atoms with Crippen molar-refractivity contribution in [3.05, 3.63) is 98.2 Å². The number of H-pyrrole nitrogens is 1. The molecule has 0 unspecified atom stereocenters. The number of anilines is 1. The summed E-state index contributed by atoms with van der Waals surface area (Å²) in [6.07, 6.45) is 0.976. The van der Waals surface area contributed by atoms with E-state index in [1.165, 1.54) is 24.4 Å². The molecule has 0 bridgehead atoms. The minimum atomic E-state index is -1.29. The van der Waals surface area contributed by atoms with Gasteiger partial charge in [-0.2, -0.15) is 10.2 Å². The average molecular weight is 596 g/mol. The van der Waals surface area contributed by atoms with E-state index < -0.39 is 46.6 Å². The quantitative estimate of drug-likeness (QED) is 0.206. The molecular formula is C28H24F3N7O5. The highest BCUT2D eigenvalue weighted by Crippen LogP contribution is 2.34. The molecule has 0 fully saturated rings. The number of aromatic nitrogens is 6. The Bertz CT molecular complexity index is 1970. The van der Waals surface area contributed by atoms with Crippen molar-refractivity contribution in [2.45, 2.75) is 32.9 Å². The number of hydrogen-bond donors (Lipinski definition) is 3. The Hall–Kier alpha value is -5.31. The fourth-order valence-corrected chi connectivity index (χ4v) is 4.26. The molecule has 5 aromatic rings. The molecule has 0 aliphatic rings. The van der Waals surface area contributed by atoms with Gasteiger partial charge in [0, 0.05) is 37.3 Å². The van der Waals surface area contributed by atoms with E-state index in [9.17, 15) is 28.3 Å². The van der Waals surface area contributed by atoms with E-state index in [0.29, 0.717) is 27.5 Å². The van der Waals surface area contributed by atoms with E-state index in [1.807, 2.05) is 0 Å². The number of ether oxygens (including phenoxy) is 1. The van der Waals surface area contributed by atoms with Crippen molar-refractivity contribution in [1.29, 1.82) is 0 Å². The Kier molecular flexibility index (Phi) is 8.07. The molecule has 0 aliphatic heterocycles. The first-order chi connectivity index (χ1) is 20.6. The topological polar surface area (TPSA) is 157 Å². The Labute approximate surface area is 240 Å². The third kappa shape index (κ3) is 5.74. The standard InChI is InChI=1S/C28H24F3N7O5/c1-3-37-28(42)38(16-5-6-17(29)18(30)12-16)27(41)24(36-37)20(40)11-15-4-7-21(19(31)10-15)43-22-8-9-32-25-23(22)26(35-34-25)33-14(2)13-39/h4-10,12,14,39H,3,11,13H2,1-2H3,(H2,32,33,34,35)/t14-/m1/s1. The molecule has 0 saturated carbocycles. The summed E-state index contributed by atoms with van der Waals surface area (Å²) < 4.78 is 49.7. The number of benzene rings is 2. The van der Waals surface area contributed by atoms with Gasteiger partial charge in [0.05, 0.1) is 12.3 Å². The lowest BCUT2D eigenvalue weighted by Crippen LogP contribution is -2.43. The number of carbonyl (C=O) groups excluding carboxylic acids is 1. The molecule has 43 heavy (non-hydrogen) atoms. The summed E-state index contributed by atoms with van der Waals surface area (Å²) in [5.74, 6) is -3.73. The number of ketones is 1. The molecule has 3 N–H and O–H groups in total. The molecule has 5 rings (SSSR count). The smallest absolute Gasteiger partial charge is 0.352 e. The number of aromatic amines is 1. The van der Waals surface area contributed by atoms with Crippen LogP contribution in [0.4, 0.5) is 19.0 Å². The minimum Gasteiger partial charge on any atom is -0.453 e. The molecule has 222 valence electrons. The zero-order valence-electron chi connectivity index (χ0n) is 22.8. The number of Topliss-reactive ketones (excluding diaryl/α,β-unsaturated/α-hetero) is 1. The normalized spacial score (nSPS) is 12.0. The minimum absolute atomic E-state index is 0.0290. The van der Waals surface area contributed by atoms with Crippen molar-refractivity contribution in [1.82, 2.24) is 29.5 Å². The molecule has 1 atom stereocenters. The molecule has 0 saturated heterocycles. The summed E-state index contributed by atoms with van der Waals surface area (Å²) in [6.45, 7) is 3.09. The molecule has 0 spiro atoms. The predicted octanol–water partition coefficient (Wildman–Crippen LogP) is 3.11. The molecule has 0 radical (unpaired) electrons. The highest BCUT2D eigenvalue weighted by atomic mass is 19.2. The highest BCUT2D eigenvalue weighted by molar-refractivity contribution is 5.95. The third-order valence-corrected chi connectivity index (χ3v) is 6.42. The number of pyridine rings is 1. The zero-order valence-corrected chi connectivity index (χ0v) is 22.8. The van der Waals surface area contributed by atoms with E-state index in [2.05, 4.69) is 25.6 Å². The van der Waals surface area contributed by atoms with Crippen LogP contribution in [-0.4, -0.2) is 53.1 Å². The molecule has 15 heteroatoms. The maximum atomic E-state index is 15.2. The highest BCUT2D eigenvalue weighted by Gasteiger charge is 2.22. The maximum absolute atomic E-state index is 15.2. The van der Waals surface area contributed by atoms with Crippen LogP contribution in [0.2, 0.25) is 0 Å². The predicted molar refractivity (Wildman–Crippen MR) is 148 cm³/mol. The van der Waals surface area contributed by atoms with Crippen molar-refractivity contribution in [2.75, 3.05) is 11.9 Å². The summed E-state index contributed by atoms with van der Waals surface area (Å²) >= 11 is 0. The van der Waals surface area contributed by atoms with E-state index in [4.69, 9.17) is 4.74 Å². The monoisotopic (exact) mass is 595 g/mol. The van der Waals surface area contributed by atoms with Gasteiger partial charge < -0.3 is 15.2 Å². The van der Waals surface area contributed by atoms with Gasteiger partial charge in [-0.3, -0.25) is 14.7 Å². The number of fused-ring (bicyclic) bond motifs is 1. The Morgan fingerprint density at radius 3 is 2.56 bits per heavy atom. The number of nitrogens with one attached hydrogen (secondary N) is 2. The van der Waals surface area contributed by atoms with Gasteiger partial charge in [0.2, 0.25) is 0 Å². The SMILES string of the molecule is CCn1nc(C(=O)Cc2ccc(Oc3ccnc4[nH]nc(N[C@H](C)CO)c34)c(F)c2)c(=O)n(-c2ccc(F)c(F)c2)c1=O. The largest absolute Gasteiger partial charge is 0.453 e. The van der Waals surface area contributed by atoms with Crippen LogP contribution >= 0.6 is 0 Å². The van der Waals surface area contributed by atoms with Crippen LogP contribution in [0.5, 0.6) is 11.5 Å². The number of aliphatic hydroxyl groups is 1. The van der Waals surface area contributed by atoms with Crippen LogP contribution in [0, 0.1) is 17.5 Å². The van der Waals surface area contributed by atoms with E-state index in [-0.39, 0.29) is 41.9 Å². The van der Waals surface area contributed by atoms with Gasteiger partial charge in [0.15, 0.2) is 46.1 Å². The van der Waals surface area contributed by atoms with Crippen LogP contribution in [0.25, 0.3) is 16.7 Å². The number of aryl methyl sites for hydroxylation is 1. The van der Waals surface area contributed by atoms with Crippen molar-refractivity contribution >= 4 is 22.6 Å². The molecular weight excluding hydrogens is 571 g/mol. The van der Waals surface area contributed by atoms with Gasteiger partial charge in [-0.15, -0.1) is 0 Å². The summed E-state index contributed by atoms with van der Waals surface area (Å²) in [7, 11) is 0. The lowest BCUT2D eigenvalue weighted by atomic mass is 10.1. The third-order valence-electron chi connectivity index (χ3n) is 6.42. The first kappa shape index (κ1) is 29.2. The summed E-state index contributed by atoms with van der Waals surface area (Å²) in [5, 5.41) is 23.5. The van der Waals surface area contributed by atoms with Crippen LogP contribution in [0.1, 0.15) is 29.9 Å². The van der Waals surface area contributed by atoms with Crippen LogP contribution in [0.15, 0.2) is 58.3 Å². The summed E-state index contributed by atoms with van der Waals surface area (Å²) in [5.41, 5.74) is -2.47. The lowest BCUT2D eigenvalue weighted by Gasteiger charge is -2.13. The second-order valence-corrected chi connectivity index (χ2v) is 9.49. The molecule has 3 heterocycles. The van der Waals surface area contributed by atoms with Gasteiger partial charge >= 0.3 is 5.69 Å². The number of nitrogens with zero attached hydrogens (tertiary/aromatic N) is 5. The fourth-order valence-electron chi connectivity index (χ4n) is 4.26. The first-order valence-electron chi connectivity index (χ1n) is 13.0. The molecule has 0 aliphatic carbocycles. The van der Waals surface area contributed by atoms with Gasteiger partial charge in [-0.1, -0.05) is 6.07 Å². The van der Waals surface area contributed by atoms with Gasteiger partial charge in [0.1, 0.15) is 11.1 Å². The number of hydrogen-bond acceptors (Lipinski definition) is 9. The number of aliphatic hydroxyl groups excluding tert-OH is 1. The Morgan fingerprint density at radius 1 is 1.07 bits per heavy atom. The number of rotatable bonds is 10. The van der Waals surface area contributed by atoms with Gasteiger partial charge in [-0.25, -0.2) is 32.2 Å².